The molecule has 0 unspecified atom stereocenters. The number of halogens is 1. The molecule has 0 atom stereocenters. The van der Waals surface area contributed by atoms with Gasteiger partial charge >= 0.3 is 0 Å². The molecule has 0 radical (unpaired) electrons. The number of amides is 2. The van der Waals surface area contributed by atoms with E-state index in [0.717, 1.165) is 49.5 Å². The molecule has 2 rings (SSSR count). The van der Waals surface area contributed by atoms with Crippen LogP contribution in [0.3, 0.4) is 0 Å². The van der Waals surface area contributed by atoms with Gasteiger partial charge in [-0.3, -0.25) is 9.59 Å². The molecule has 6 heteroatoms. The van der Waals surface area contributed by atoms with Gasteiger partial charge in [0.05, 0.1) is 0 Å². The Morgan fingerprint density at radius 2 is 1.70 bits per heavy atom. The molecule has 1 aromatic rings. The maximum atomic E-state index is 12.7. The molecule has 1 fully saturated rings. The first kappa shape index (κ1) is 23.4. The van der Waals surface area contributed by atoms with E-state index in [-0.39, 0.29) is 24.2 Å². The van der Waals surface area contributed by atoms with Crippen molar-refractivity contribution in [2.24, 2.45) is 11.3 Å². The van der Waals surface area contributed by atoms with Crippen molar-refractivity contribution in [1.29, 1.82) is 0 Å². The van der Waals surface area contributed by atoms with E-state index in [2.05, 4.69) is 10.6 Å². The summed E-state index contributed by atoms with van der Waals surface area (Å²) in [6.07, 6.45) is 3.36. The first-order chi connectivity index (χ1) is 12.3. The Kier molecular flexibility index (Phi) is 9.27. The van der Waals surface area contributed by atoms with Crippen LogP contribution >= 0.6 is 12.4 Å². The molecule has 27 heavy (non-hydrogen) atoms. The maximum Gasteiger partial charge on any atom is 0.253 e. The number of benzene rings is 1. The van der Waals surface area contributed by atoms with Gasteiger partial charge in [-0.2, -0.15) is 0 Å². The lowest BCUT2D eigenvalue weighted by Crippen LogP contribution is -2.39. The number of piperidine rings is 1. The minimum absolute atomic E-state index is 0. The van der Waals surface area contributed by atoms with E-state index >= 15 is 0 Å². The molecule has 0 bridgehead atoms. The lowest BCUT2D eigenvalue weighted by molar-refractivity contribution is -0.128. The SMILES string of the molecule is CNCCC1CCN(C(=O)c2ccc(CNC(=O)C(C)(C)C)cc2)CC1.Cl. The van der Waals surface area contributed by atoms with Gasteiger partial charge in [-0.15, -0.1) is 12.4 Å². The largest absolute Gasteiger partial charge is 0.352 e. The fourth-order valence-corrected chi connectivity index (χ4v) is 3.17. The van der Waals surface area contributed by atoms with E-state index in [4.69, 9.17) is 0 Å². The molecule has 0 saturated carbocycles. The average Bonchev–Trinajstić information content (AvgIpc) is 2.64. The minimum Gasteiger partial charge on any atom is -0.352 e. The van der Waals surface area contributed by atoms with Gasteiger partial charge in [-0.25, -0.2) is 0 Å². The highest BCUT2D eigenvalue weighted by Gasteiger charge is 2.23. The van der Waals surface area contributed by atoms with E-state index < -0.39 is 5.41 Å². The summed E-state index contributed by atoms with van der Waals surface area (Å²) in [5.41, 5.74) is 1.34. The molecule has 1 saturated heterocycles. The lowest BCUT2D eigenvalue weighted by Gasteiger charge is -2.32. The summed E-state index contributed by atoms with van der Waals surface area (Å²) in [7, 11) is 1.98. The fourth-order valence-electron chi connectivity index (χ4n) is 3.17. The van der Waals surface area contributed by atoms with Gasteiger partial charge in [0.15, 0.2) is 0 Å². The summed E-state index contributed by atoms with van der Waals surface area (Å²) in [6.45, 7) is 8.91. The summed E-state index contributed by atoms with van der Waals surface area (Å²) in [4.78, 5) is 26.6. The van der Waals surface area contributed by atoms with Crippen molar-refractivity contribution in [1.82, 2.24) is 15.5 Å². The molecule has 2 N–H and O–H groups in total. The van der Waals surface area contributed by atoms with Gasteiger partial charge in [-0.05, 0) is 56.5 Å². The summed E-state index contributed by atoms with van der Waals surface area (Å²) in [6, 6.07) is 7.59. The molecule has 1 aliphatic rings. The standard InChI is InChI=1S/C21H33N3O2.ClH/c1-21(2,3)20(26)23-15-17-5-7-18(8-6-17)19(25)24-13-10-16(11-14-24)9-12-22-4;/h5-8,16,22H,9-15H2,1-4H3,(H,23,26);1H. The third-order valence-corrected chi connectivity index (χ3v) is 5.04. The van der Waals surface area contributed by atoms with Crippen LogP contribution in [0.25, 0.3) is 0 Å². The normalized spacial score (nSPS) is 15.2. The molecule has 5 nitrogen and oxygen atoms in total. The third kappa shape index (κ3) is 7.15. The van der Waals surface area contributed by atoms with E-state index in [1.807, 2.05) is 57.0 Å². The van der Waals surface area contributed by atoms with Crippen molar-refractivity contribution in [2.75, 3.05) is 26.7 Å². The Bertz CT molecular complexity index is 603. The number of likely N-dealkylation sites (tertiary alicyclic amines) is 1. The van der Waals surface area contributed by atoms with Crippen LogP contribution in [0.15, 0.2) is 24.3 Å². The Labute approximate surface area is 169 Å². The van der Waals surface area contributed by atoms with E-state index in [0.29, 0.717) is 6.54 Å². The smallest absolute Gasteiger partial charge is 0.253 e. The molecular formula is C21H34ClN3O2. The maximum absolute atomic E-state index is 12.7. The first-order valence-corrected chi connectivity index (χ1v) is 9.62. The Balaban J connectivity index is 0.00000364. The van der Waals surface area contributed by atoms with Crippen LogP contribution in [0.1, 0.15) is 56.0 Å². The molecule has 0 aliphatic carbocycles. The molecule has 0 spiro atoms. The summed E-state index contributed by atoms with van der Waals surface area (Å²) in [5.74, 6) is 0.862. The van der Waals surface area contributed by atoms with Crippen molar-refractivity contribution in [3.05, 3.63) is 35.4 Å². The molecular weight excluding hydrogens is 362 g/mol. The monoisotopic (exact) mass is 395 g/mol. The number of nitrogens with zero attached hydrogens (tertiary/aromatic N) is 1. The van der Waals surface area contributed by atoms with Crippen molar-refractivity contribution < 1.29 is 9.59 Å². The molecule has 1 heterocycles. The fraction of sp³-hybridized carbons (Fsp3) is 0.619. The summed E-state index contributed by atoms with van der Waals surface area (Å²) in [5, 5.41) is 6.13. The molecule has 1 aliphatic heterocycles. The number of carbonyl (C=O) groups excluding carboxylic acids is 2. The number of rotatable bonds is 6. The van der Waals surface area contributed by atoms with Gasteiger partial charge < -0.3 is 15.5 Å². The van der Waals surface area contributed by atoms with Crippen LogP contribution < -0.4 is 10.6 Å². The van der Waals surface area contributed by atoms with Crippen LogP contribution in [0, 0.1) is 11.3 Å². The Hall–Kier alpha value is -1.59. The van der Waals surface area contributed by atoms with E-state index in [1.54, 1.807) is 0 Å². The van der Waals surface area contributed by atoms with Gasteiger partial charge in [0.1, 0.15) is 0 Å². The zero-order valence-corrected chi connectivity index (χ0v) is 17.8. The van der Waals surface area contributed by atoms with Gasteiger partial charge in [0, 0.05) is 30.6 Å². The minimum atomic E-state index is -0.394. The average molecular weight is 396 g/mol. The van der Waals surface area contributed by atoms with Gasteiger partial charge in [-0.1, -0.05) is 32.9 Å². The van der Waals surface area contributed by atoms with Crippen molar-refractivity contribution in [2.45, 2.75) is 46.6 Å². The highest BCUT2D eigenvalue weighted by atomic mass is 35.5. The Morgan fingerprint density at radius 1 is 1.11 bits per heavy atom. The zero-order valence-electron chi connectivity index (χ0n) is 17.0. The van der Waals surface area contributed by atoms with E-state index in [9.17, 15) is 9.59 Å². The second-order valence-electron chi connectivity index (χ2n) is 8.26. The van der Waals surface area contributed by atoms with Crippen molar-refractivity contribution >= 4 is 24.2 Å². The molecule has 152 valence electrons. The van der Waals surface area contributed by atoms with E-state index in [1.165, 1.54) is 6.42 Å². The second-order valence-corrected chi connectivity index (χ2v) is 8.26. The van der Waals surface area contributed by atoms with Gasteiger partial charge in [0.2, 0.25) is 5.91 Å². The quantitative estimate of drug-likeness (QED) is 0.777. The predicted octanol–water partition coefficient (Wildman–Crippen LogP) is 3.23. The number of nitrogens with one attached hydrogen (secondary N) is 2. The highest BCUT2D eigenvalue weighted by Crippen LogP contribution is 2.21. The van der Waals surface area contributed by atoms with Crippen LogP contribution in [0.2, 0.25) is 0 Å². The molecule has 2 amide bonds. The van der Waals surface area contributed by atoms with Gasteiger partial charge in [0.25, 0.3) is 5.91 Å². The summed E-state index contributed by atoms with van der Waals surface area (Å²) >= 11 is 0. The molecule has 1 aromatic carbocycles. The number of hydrogen-bond acceptors (Lipinski definition) is 3. The lowest BCUT2D eigenvalue weighted by atomic mass is 9.93. The van der Waals surface area contributed by atoms with Crippen LogP contribution in [0.5, 0.6) is 0 Å². The third-order valence-electron chi connectivity index (χ3n) is 5.04. The summed E-state index contributed by atoms with van der Waals surface area (Å²) < 4.78 is 0. The first-order valence-electron chi connectivity index (χ1n) is 9.62. The predicted molar refractivity (Wildman–Crippen MR) is 112 cm³/mol. The number of hydrogen-bond donors (Lipinski definition) is 2. The number of carbonyl (C=O) groups is 2. The van der Waals surface area contributed by atoms with Crippen LogP contribution in [-0.2, 0) is 11.3 Å². The van der Waals surface area contributed by atoms with Crippen LogP contribution in [-0.4, -0.2) is 43.4 Å². The topological polar surface area (TPSA) is 61.4 Å². The Morgan fingerprint density at radius 3 is 2.22 bits per heavy atom. The van der Waals surface area contributed by atoms with Crippen molar-refractivity contribution in [3.8, 4) is 0 Å². The molecule has 0 aromatic heterocycles. The highest BCUT2D eigenvalue weighted by molar-refractivity contribution is 5.94. The zero-order chi connectivity index (χ0) is 19.2. The van der Waals surface area contributed by atoms with Crippen molar-refractivity contribution in [3.63, 3.8) is 0 Å². The second kappa shape index (κ2) is 10.7. The van der Waals surface area contributed by atoms with Crippen LogP contribution in [0.4, 0.5) is 0 Å².